The largest absolute Gasteiger partial charge is 0.465 e. The minimum atomic E-state index is -0.374. The number of pyridine rings is 1. The minimum absolute atomic E-state index is 0.374. The average Bonchev–Trinajstić information content (AvgIpc) is 3.08. The molecule has 0 spiro atoms. The fraction of sp³-hybridized carbons (Fsp3) is 0.0870. The molecule has 0 unspecified atom stereocenters. The van der Waals surface area contributed by atoms with E-state index < -0.39 is 0 Å². The Kier molecular flexibility index (Phi) is 4.72. The third-order valence-corrected chi connectivity index (χ3v) is 4.62. The van der Waals surface area contributed by atoms with Gasteiger partial charge in [0, 0.05) is 22.8 Å². The van der Waals surface area contributed by atoms with Crippen molar-refractivity contribution >= 4 is 28.8 Å². The smallest absolute Gasteiger partial charge is 0.340 e. The molecule has 2 aromatic carbocycles. The summed E-state index contributed by atoms with van der Waals surface area (Å²) in [7, 11) is 1.39. The van der Waals surface area contributed by atoms with Crippen LogP contribution in [-0.2, 0) is 4.74 Å². The van der Waals surface area contributed by atoms with E-state index in [-0.39, 0.29) is 5.97 Å². The second-order valence-electron chi connectivity index (χ2n) is 6.38. The van der Waals surface area contributed by atoms with Crippen LogP contribution in [0.2, 0.25) is 0 Å². The molecule has 0 aliphatic carbocycles. The van der Waals surface area contributed by atoms with Gasteiger partial charge in [0.1, 0.15) is 0 Å². The van der Waals surface area contributed by atoms with Gasteiger partial charge in [-0.2, -0.15) is 0 Å². The Balaban J connectivity index is 1.86. The summed E-state index contributed by atoms with van der Waals surface area (Å²) in [6.45, 7) is 1.86. The molecular weight excluding hydrogens is 350 g/mol. The lowest BCUT2D eigenvalue weighted by atomic mass is 10.0. The SMILES string of the molecule is COC(=O)c1c(C)[nH]c(C=Nc2cccc3ncccc23)c1-c1ccccc1. The molecule has 0 amide bonds. The van der Waals surface area contributed by atoms with Crippen molar-refractivity contribution in [3.63, 3.8) is 0 Å². The summed E-state index contributed by atoms with van der Waals surface area (Å²) in [5, 5.41) is 0.971. The average molecular weight is 369 g/mol. The van der Waals surface area contributed by atoms with Crippen LogP contribution in [-0.4, -0.2) is 29.3 Å². The van der Waals surface area contributed by atoms with Gasteiger partial charge in [0.25, 0.3) is 0 Å². The number of fused-ring (bicyclic) bond motifs is 1. The normalized spacial score (nSPS) is 11.2. The predicted molar refractivity (Wildman–Crippen MR) is 111 cm³/mol. The van der Waals surface area contributed by atoms with Gasteiger partial charge in [-0.15, -0.1) is 0 Å². The van der Waals surface area contributed by atoms with Gasteiger partial charge >= 0.3 is 5.97 Å². The number of hydrogen-bond donors (Lipinski definition) is 1. The number of carbonyl (C=O) groups is 1. The standard InChI is InChI=1S/C23H19N3O2/c1-15-21(23(27)28-2)22(16-8-4-3-5-9-16)20(26-15)14-25-19-12-6-11-18-17(19)10-7-13-24-18/h3-14,26H,1-2H3. The van der Waals surface area contributed by atoms with Crippen molar-refractivity contribution in [2.45, 2.75) is 6.92 Å². The highest BCUT2D eigenvalue weighted by Crippen LogP contribution is 2.31. The topological polar surface area (TPSA) is 67.3 Å². The summed E-state index contributed by atoms with van der Waals surface area (Å²) in [6.07, 6.45) is 3.52. The van der Waals surface area contributed by atoms with Crippen LogP contribution >= 0.6 is 0 Å². The molecule has 4 rings (SSSR count). The lowest BCUT2D eigenvalue weighted by Gasteiger charge is -2.05. The third kappa shape index (κ3) is 3.18. The molecular formula is C23H19N3O2. The Morgan fingerprint density at radius 1 is 1.07 bits per heavy atom. The molecule has 0 atom stereocenters. The number of aryl methyl sites for hydroxylation is 1. The van der Waals surface area contributed by atoms with Crippen molar-refractivity contribution in [3.05, 3.63) is 83.8 Å². The molecule has 5 heteroatoms. The number of hydrogen-bond acceptors (Lipinski definition) is 4. The van der Waals surface area contributed by atoms with E-state index in [1.165, 1.54) is 7.11 Å². The van der Waals surface area contributed by atoms with Gasteiger partial charge in [-0.3, -0.25) is 9.98 Å². The number of nitrogens with one attached hydrogen (secondary N) is 1. The summed E-state index contributed by atoms with van der Waals surface area (Å²) in [5.41, 5.74) is 5.43. The van der Waals surface area contributed by atoms with Gasteiger partial charge in [-0.1, -0.05) is 36.4 Å². The van der Waals surface area contributed by atoms with Crippen LogP contribution in [0.3, 0.4) is 0 Å². The Morgan fingerprint density at radius 2 is 1.89 bits per heavy atom. The van der Waals surface area contributed by atoms with Crippen LogP contribution in [0.15, 0.2) is 71.9 Å². The van der Waals surface area contributed by atoms with Crippen molar-refractivity contribution in [2.75, 3.05) is 7.11 Å². The minimum Gasteiger partial charge on any atom is -0.465 e. The van der Waals surface area contributed by atoms with Crippen LogP contribution in [0.25, 0.3) is 22.0 Å². The van der Waals surface area contributed by atoms with E-state index in [4.69, 9.17) is 4.74 Å². The lowest BCUT2D eigenvalue weighted by Crippen LogP contribution is -2.03. The molecule has 0 saturated carbocycles. The first-order chi connectivity index (χ1) is 13.7. The number of benzene rings is 2. The first kappa shape index (κ1) is 17.7. The maximum atomic E-state index is 12.4. The van der Waals surface area contributed by atoms with Crippen molar-refractivity contribution in [1.82, 2.24) is 9.97 Å². The first-order valence-electron chi connectivity index (χ1n) is 8.93. The summed E-state index contributed by atoms with van der Waals surface area (Å²) in [4.78, 5) is 24.7. The van der Waals surface area contributed by atoms with E-state index in [1.807, 2.05) is 67.6 Å². The van der Waals surface area contributed by atoms with Crippen molar-refractivity contribution in [3.8, 4) is 11.1 Å². The number of esters is 1. The highest BCUT2D eigenvalue weighted by Gasteiger charge is 2.22. The van der Waals surface area contributed by atoms with Crippen LogP contribution < -0.4 is 0 Å². The molecule has 0 radical (unpaired) electrons. The molecule has 1 N–H and O–H groups in total. The van der Waals surface area contributed by atoms with E-state index in [1.54, 1.807) is 12.4 Å². The highest BCUT2D eigenvalue weighted by atomic mass is 16.5. The lowest BCUT2D eigenvalue weighted by molar-refractivity contribution is 0.0601. The first-order valence-corrected chi connectivity index (χ1v) is 8.93. The summed E-state index contributed by atoms with van der Waals surface area (Å²) >= 11 is 0. The van der Waals surface area contributed by atoms with Crippen molar-refractivity contribution < 1.29 is 9.53 Å². The van der Waals surface area contributed by atoms with Crippen molar-refractivity contribution in [2.24, 2.45) is 4.99 Å². The number of H-pyrrole nitrogens is 1. The molecule has 0 aliphatic heterocycles. The summed E-state index contributed by atoms with van der Waals surface area (Å²) < 4.78 is 5.00. The number of methoxy groups -OCH3 is 1. The Morgan fingerprint density at radius 3 is 2.68 bits per heavy atom. The summed E-state index contributed by atoms with van der Waals surface area (Å²) in [5.74, 6) is -0.374. The third-order valence-electron chi connectivity index (χ3n) is 4.62. The molecule has 4 aromatic rings. The van der Waals surface area contributed by atoms with Gasteiger partial charge in [0.2, 0.25) is 0 Å². The molecule has 0 bridgehead atoms. The van der Waals surface area contributed by atoms with Crippen molar-refractivity contribution in [1.29, 1.82) is 0 Å². The molecule has 2 heterocycles. The number of carbonyl (C=O) groups excluding carboxylic acids is 1. The van der Waals surface area contributed by atoms with E-state index in [0.29, 0.717) is 5.56 Å². The number of ether oxygens (including phenoxy) is 1. The molecule has 0 fully saturated rings. The van der Waals surface area contributed by atoms with Gasteiger partial charge < -0.3 is 9.72 Å². The molecule has 5 nitrogen and oxygen atoms in total. The van der Waals surface area contributed by atoms with E-state index in [0.717, 1.165) is 39.1 Å². The Bertz CT molecular complexity index is 1170. The molecule has 28 heavy (non-hydrogen) atoms. The van der Waals surface area contributed by atoms with Gasteiger partial charge in [0.15, 0.2) is 0 Å². The van der Waals surface area contributed by atoms with Crippen LogP contribution in [0.1, 0.15) is 21.7 Å². The molecule has 2 aromatic heterocycles. The Labute approximate surface area is 162 Å². The second kappa shape index (κ2) is 7.48. The zero-order valence-electron chi connectivity index (χ0n) is 15.6. The quantitative estimate of drug-likeness (QED) is 0.403. The van der Waals surface area contributed by atoms with Gasteiger partial charge in [-0.05, 0) is 36.8 Å². The number of aromatic amines is 1. The van der Waals surface area contributed by atoms with Crippen LogP contribution in [0.5, 0.6) is 0 Å². The maximum absolute atomic E-state index is 12.4. The van der Waals surface area contributed by atoms with Crippen LogP contribution in [0.4, 0.5) is 5.69 Å². The second-order valence-corrected chi connectivity index (χ2v) is 6.38. The zero-order valence-corrected chi connectivity index (χ0v) is 15.6. The zero-order chi connectivity index (χ0) is 19.5. The van der Waals surface area contributed by atoms with Crippen LogP contribution in [0, 0.1) is 6.92 Å². The predicted octanol–water partition coefficient (Wildman–Crippen LogP) is 5.08. The summed E-state index contributed by atoms with van der Waals surface area (Å²) in [6, 6.07) is 19.5. The fourth-order valence-electron chi connectivity index (χ4n) is 3.34. The Hall–Kier alpha value is -3.73. The highest BCUT2D eigenvalue weighted by molar-refractivity contribution is 6.05. The molecule has 0 aliphatic rings. The van der Waals surface area contributed by atoms with E-state index in [2.05, 4.69) is 15.0 Å². The van der Waals surface area contributed by atoms with Gasteiger partial charge in [-0.25, -0.2) is 4.79 Å². The molecule has 138 valence electrons. The number of rotatable bonds is 4. The van der Waals surface area contributed by atoms with E-state index >= 15 is 0 Å². The number of aliphatic imine (C=N–C) groups is 1. The number of nitrogens with zero attached hydrogens (tertiary/aromatic N) is 2. The monoisotopic (exact) mass is 369 g/mol. The maximum Gasteiger partial charge on any atom is 0.340 e. The van der Waals surface area contributed by atoms with Gasteiger partial charge in [0.05, 0.1) is 35.8 Å². The fourth-order valence-corrected chi connectivity index (χ4v) is 3.34. The number of aromatic nitrogens is 2. The van der Waals surface area contributed by atoms with E-state index in [9.17, 15) is 4.79 Å². The molecule has 0 saturated heterocycles.